The molecule has 1 heterocycles. The largest absolute Gasteiger partial charge is 0.490 e. The third-order valence-corrected chi connectivity index (χ3v) is 8.15. The van der Waals surface area contributed by atoms with Gasteiger partial charge in [-0.25, -0.2) is 4.79 Å². The summed E-state index contributed by atoms with van der Waals surface area (Å²) in [6.45, 7) is 19.3. The van der Waals surface area contributed by atoms with Crippen LogP contribution >= 0.6 is 0 Å². The molecule has 0 radical (unpaired) electrons. The number of nitrogens with one attached hydrogen (secondary N) is 1. The van der Waals surface area contributed by atoms with Crippen LogP contribution in [-0.2, 0) is 21.4 Å². The number of aliphatic carboxylic acids is 1. The molecule has 2 N–H and O–H groups in total. The number of nitrogens with zero attached hydrogens (tertiary/aromatic N) is 2. The number of anilines is 1. The molecule has 46 heavy (non-hydrogen) atoms. The quantitative estimate of drug-likeness (QED) is 0.260. The number of alkyl halides is 3. The molecule has 256 valence electrons. The molecule has 7 nitrogen and oxygen atoms in total. The average molecular weight is 648 g/mol. The molecule has 0 aromatic heterocycles. The summed E-state index contributed by atoms with van der Waals surface area (Å²) >= 11 is 0. The Morgan fingerprint density at radius 3 is 2.09 bits per heavy atom. The smallest absolute Gasteiger partial charge is 0.475 e. The number of carbonyl (C=O) groups excluding carboxylic acids is 2. The molecule has 1 fully saturated rings. The molecule has 2 aromatic rings. The van der Waals surface area contributed by atoms with Crippen molar-refractivity contribution in [2.75, 3.05) is 31.5 Å². The van der Waals surface area contributed by atoms with Crippen LogP contribution in [0.15, 0.2) is 48.5 Å². The van der Waals surface area contributed by atoms with Gasteiger partial charge in [0.2, 0.25) is 5.91 Å². The maximum absolute atomic E-state index is 12.9. The van der Waals surface area contributed by atoms with Crippen LogP contribution in [0.1, 0.15) is 95.6 Å². The molecule has 3 rings (SSSR count). The summed E-state index contributed by atoms with van der Waals surface area (Å²) in [5.41, 5.74) is 4.03. The summed E-state index contributed by atoms with van der Waals surface area (Å²) in [5, 5.41) is 10.2. The van der Waals surface area contributed by atoms with E-state index in [1.807, 2.05) is 36.4 Å². The van der Waals surface area contributed by atoms with Gasteiger partial charge in [-0.3, -0.25) is 9.59 Å². The van der Waals surface area contributed by atoms with Crippen molar-refractivity contribution in [1.29, 1.82) is 0 Å². The molecule has 1 atom stereocenters. The lowest BCUT2D eigenvalue weighted by Gasteiger charge is -2.37. The van der Waals surface area contributed by atoms with E-state index in [0.717, 1.165) is 57.5 Å². The first kappa shape index (κ1) is 38.8. The van der Waals surface area contributed by atoms with Gasteiger partial charge in [-0.2, -0.15) is 13.2 Å². The summed E-state index contributed by atoms with van der Waals surface area (Å²) in [6.07, 6.45) is -0.174. The normalized spacial score (nSPS) is 14.9. The minimum Gasteiger partial charge on any atom is -0.475 e. The van der Waals surface area contributed by atoms with Crippen molar-refractivity contribution in [2.45, 2.75) is 98.2 Å². The second-order valence-electron chi connectivity index (χ2n) is 13.8. The van der Waals surface area contributed by atoms with E-state index >= 15 is 0 Å². The number of hydrogen-bond donors (Lipinski definition) is 2. The van der Waals surface area contributed by atoms with Crippen molar-refractivity contribution in [3.63, 3.8) is 0 Å². The summed E-state index contributed by atoms with van der Waals surface area (Å²) in [7, 11) is 0. The van der Waals surface area contributed by atoms with E-state index in [9.17, 15) is 22.8 Å². The van der Waals surface area contributed by atoms with Crippen molar-refractivity contribution < 1.29 is 32.7 Å². The summed E-state index contributed by atoms with van der Waals surface area (Å²) in [4.78, 5) is 39.0. The minimum atomic E-state index is -5.08. The number of rotatable bonds is 11. The van der Waals surface area contributed by atoms with Crippen molar-refractivity contribution >= 4 is 23.5 Å². The van der Waals surface area contributed by atoms with Gasteiger partial charge in [0, 0.05) is 43.3 Å². The molecule has 0 spiro atoms. The first-order valence-electron chi connectivity index (χ1n) is 16.2. The Labute approximate surface area is 272 Å². The van der Waals surface area contributed by atoms with Crippen molar-refractivity contribution in [1.82, 2.24) is 9.80 Å². The Hall–Kier alpha value is -3.40. The third kappa shape index (κ3) is 13.1. The lowest BCUT2D eigenvalue weighted by molar-refractivity contribution is -0.192. The second-order valence-corrected chi connectivity index (χ2v) is 13.8. The summed E-state index contributed by atoms with van der Waals surface area (Å²) in [5.74, 6) is -1.46. The predicted octanol–water partition coefficient (Wildman–Crippen LogP) is 7.80. The molecule has 0 bridgehead atoms. The molecule has 1 unspecified atom stereocenters. The van der Waals surface area contributed by atoms with Gasteiger partial charge in [-0.1, -0.05) is 65.8 Å². The average Bonchev–Trinajstić information content (AvgIpc) is 2.96. The molecule has 0 saturated carbocycles. The number of likely N-dealkylation sites (tertiary alicyclic amines) is 1. The number of benzene rings is 2. The Balaban J connectivity index is 0.000000942. The zero-order valence-corrected chi connectivity index (χ0v) is 28.4. The van der Waals surface area contributed by atoms with Gasteiger partial charge in [0.15, 0.2) is 0 Å². The van der Waals surface area contributed by atoms with Gasteiger partial charge < -0.3 is 20.2 Å². The first-order valence-corrected chi connectivity index (χ1v) is 16.2. The van der Waals surface area contributed by atoms with Crippen LogP contribution in [0, 0.1) is 11.8 Å². The standard InChI is InChI=1S/C34H51N3O2.C2HF3O2/c1-8-18-37(24-27-16-19-36(20-17-27)32(38)21-25(2)3)26(4)22-28-10-9-11-31(23-28)35-33(39)29-12-14-30(15-13-29)34(5,6)7;3-2(4,5)1(6)7/h9-15,23,25-27H,8,16-22,24H2,1-7H3,(H,35,39);(H,6,7). The predicted molar refractivity (Wildman–Crippen MR) is 177 cm³/mol. The van der Waals surface area contributed by atoms with E-state index in [0.29, 0.717) is 35.8 Å². The molecule has 1 aliphatic rings. The van der Waals surface area contributed by atoms with E-state index in [1.165, 1.54) is 11.1 Å². The Kier molecular flexibility index (Phi) is 14.8. The SMILES string of the molecule is CCCN(CC1CCN(C(=O)CC(C)C)CC1)C(C)Cc1cccc(NC(=O)c2ccc(C(C)(C)C)cc2)c1.O=C(O)C(F)(F)F. The van der Waals surface area contributed by atoms with Crippen LogP contribution in [0.3, 0.4) is 0 Å². The monoisotopic (exact) mass is 647 g/mol. The maximum Gasteiger partial charge on any atom is 0.490 e. The Morgan fingerprint density at radius 2 is 1.59 bits per heavy atom. The highest BCUT2D eigenvalue weighted by Crippen LogP contribution is 2.24. The zero-order chi connectivity index (χ0) is 34.7. The highest BCUT2D eigenvalue weighted by atomic mass is 19.4. The molecule has 1 saturated heterocycles. The molecule has 2 aromatic carbocycles. The van der Waals surface area contributed by atoms with E-state index in [-0.39, 0.29) is 11.3 Å². The van der Waals surface area contributed by atoms with Crippen LogP contribution in [0.2, 0.25) is 0 Å². The van der Waals surface area contributed by atoms with E-state index in [2.05, 4.69) is 75.7 Å². The minimum absolute atomic E-state index is 0.0650. The van der Waals surface area contributed by atoms with E-state index < -0.39 is 12.1 Å². The van der Waals surface area contributed by atoms with Crippen LogP contribution in [0.4, 0.5) is 18.9 Å². The zero-order valence-electron chi connectivity index (χ0n) is 28.4. The van der Waals surface area contributed by atoms with Crippen molar-refractivity contribution in [3.05, 3.63) is 65.2 Å². The van der Waals surface area contributed by atoms with Crippen LogP contribution < -0.4 is 5.32 Å². The summed E-state index contributed by atoms with van der Waals surface area (Å²) in [6, 6.07) is 16.6. The number of halogens is 3. The molecule has 10 heteroatoms. The number of amides is 2. The Bertz CT molecular complexity index is 1260. The molecule has 0 aliphatic carbocycles. The Morgan fingerprint density at radius 1 is 1.00 bits per heavy atom. The van der Waals surface area contributed by atoms with E-state index in [1.54, 1.807) is 0 Å². The van der Waals surface area contributed by atoms with Gasteiger partial charge in [0.25, 0.3) is 5.91 Å². The van der Waals surface area contributed by atoms with Gasteiger partial charge in [0.1, 0.15) is 0 Å². The fourth-order valence-electron chi connectivity index (χ4n) is 5.52. The highest BCUT2D eigenvalue weighted by Gasteiger charge is 2.38. The molecule has 2 amide bonds. The second kappa shape index (κ2) is 17.5. The fraction of sp³-hybridized carbons (Fsp3) is 0.583. The van der Waals surface area contributed by atoms with Crippen molar-refractivity contribution in [3.8, 4) is 0 Å². The number of hydrogen-bond acceptors (Lipinski definition) is 4. The maximum atomic E-state index is 12.9. The number of piperidine rings is 1. The van der Waals surface area contributed by atoms with Gasteiger partial charge in [-0.15, -0.1) is 0 Å². The lowest BCUT2D eigenvalue weighted by atomic mass is 9.87. The highest BCUT2D eigenvalue weighted by molar-refractivity contribution is 6.04. The van der Waals surface area contributed by atoms with Crippen LogP contribution in [-0.4, -0.2) is 71.1 Å². The topological polar surface area (TPSA) is 90.0 Å². The number of carboxylic acids is 1. The lowest BCUT2D eigenvalue weighted by Crippen LogP contribution is -2.44. The van der Waals surface area contributed by atoms with Crippen LogP contribution in [0.5, 0.6) is 0 Å². The van der Waals surface area contributed by atoms with Gasteiger partial charge >= 0.3 is 12.1 Å². The third-order valence-electron chi connectivity index (χ3n) is 8.15. The fourth-order valence-corrected chi connectivity index (χ4v) is 5.52. The number of carboxylic acid groups (broad SMARTS) is 1. The summed E-state index contributed by atoms with van der Waals surface area (Å²) < 4.78 is 31.7. The molecular weight excluding hydrogens is 595 g/mol. The first-order chi connectivity index (χ1) is 21.4. The van der Waals surface area contributed by atoms with E-state index in [4.69, 9.17) is 9.90 Å². The van der Waals surface area contributed by atoms with Gasteiger partial charge in [-0.05, 0) is 91.8 Å². The van der Waals surface area contributed by atoms with Gasteiger partial charge in [0.05, 0.1) is 0 Å². The number of carbonyl (C=O) groups is 3. The van der Waals surface area contributed by atoms with Crippen LogP contribution in [0.25, 0.3) is 0 Å². The van der Waals surface area contributed by atoms with Crippen molar-refractivity contribution in [2.24, 2.45) is 11.8 Å². The molecule has 1 aliphatic heterocycles. The molecular formula is C36H52F3N3O4.